The van der Waals surface area contributed by atoms with Crippen molar-refractivity contribution in [3.05, 3.63) is 95.6 Å². The van der Waals surface area contributed by atoms with Crippen molar-refractivity contribution in [3.8, 4) is 5.75 Å². The lowest BCUT2D eigenvalue weighted by molar-refractivity contribution is -0.142. The molecule has 5 heteroatoms. The molecule has 0 saturated heterocycles. The van der Waals surface area contributed by atoms with Crippen LogP contribution in [0.1, 0.15) is 23.6 Å². The van der Waals surface area contributed by atoms with Crippen molar-refractivity contribution in [2.45, 2.75) is 26.4 Å². The second-order valence-corrected chi connectivity index (χ2v) is 7.67. The molecule has 0 aliphatic carbocycles. The first-order valence-electron chi connectivity index (χ1n) is 10.8. The second-order valence-electron chi connectivity index (χ2n) is 7.67. The molecule has 1 aromatic heterocycles. The van der Waals surface area contributed by atoms with Gasteiger partial charge in [-0.15, -0.1) is 0 Å². The van der Waals surface area contributed by atoms with Gasteiger partial charge in [0.15, 0.2) is 0 Å². The highest BCUT2D eigenvalue weighted by Gasteiger charge is 2.21. The smallest absolute Gasteiger partial charge is 0.310 e. The second kappa shape index (κ2) is 10.1. The van der Waals surface area contributed by atoms with E-state index in [9.17, 15) is 4.79 Å². The average molecular weight is 429 g/mol. The molecule has 0 atom stereocenters. The third-order valence-electron chi connectivity index (χ3n) is 5.47. The number of carbonyl (C=O) groups is 1. The highest BCUT2D eigenvalue weighted by molar-refractivity contribution is 5.93. The summed E-state index contributed by atoms with van der Waals surface area (Å²) in [7, 11) is 1.65. The Morgan fingerprint density at radius 1 is 0.906 bits per heavy atom. The van der Waals surface area contributed by atoms with Gasteiger partial charge in [0.25, 0.3) is 0 Å². The predicted octanol–water partition coefficient (Wildman–Crippen LogP) is 5.49. The number of anilines is 1. The molecule has 0 radical (unpaired) electrons. The quantitative estimate of drug-likeness (QED) is 0.358. The van der Waals surface area contributed by atoms with E-state index in [0.29, 0.717) is 19.7 Å². The number of ether oxygens (including phenoxy) is 2. The van der Waals surface area contributed by atoms with Crippen LogP contribution in [-0.2, 0) is 29.0 Å². The van der Waals surface area contributed by atoms with Crippen LogP contribution in [0, 0.1) is 0 Å². The fourth-order valence-electron chi connectivity index (χ4n) is 3.97. The molecule has 0 unspecified atom stereocenters. The molecule has 0 amide bonds. The summed E-state index contributed by atoms with van der Waals surface area (Å²) in [5.74, 6) is 1.44. The maximum Gasteiger partial charge on any atom is 0.310 e. The largest absolute Gasteiger partial charge is 0.497 e. The Labute approximate surface area is 188 Å². The van der Waals surface area contributed by atoms with Gasteiger partial charge in [-0.25, -0.2) is 0 Å². The molecular formula is C27H28N2O3. The number of nitrogens with zero attached hydrogens (tertiary/aromatic N) is 1. The van der Waals surface area contributed by atoms with Crippen LogP contribution in [0.4, 0.5) is 5.82 Å². The predicted molar refractivity (Wildman–Crippen MR) is 128 cm³/mol. The Balaban J connectivity index is 1.81. The Hall–Kier alpha value is -3.73. The molecule has 0 spiro atoms. The Kier molecular flexibility index (Phi) is 6.75. The van der Waals surface area contributed by atoms with Crippen molar-refractivity contribution in [3.63, 3.8) is 0 Å². The van der Waals surface area contributed by atoms with E-state index in [4.69, 9.17) is 9.47 Å². The van der Waals surface area contributed by atoms with E-state index in [1.807, 2.05) is 61.5 Å². The summed E-state index contributed by atoms with van der Waals surface area (Å²) in [6, 6.07) is 26.6. The minimum atomic E-state index is -0.239. The Bertz CT molecular complexity index is 1130. The number of aromatic amines is 1. The van der Waals surface area contributed by atoms with Crippen molar-refractivity contribution in [1.82, 2.24) is 4.98 Å². The number of aromatic nitrogens is 1. The molecule has 32 heavy (non-hydrogen) atoms. The number of H-pyrrole nitrogens is 1. The molecule has 4 rings (SSSR count). The van der Waals surface area contributed by atoms with Crippen LogP contribution in [0.25, 0.3) is 10.9 Å². The number of fused-ring (bicyclic) bond motifs is 1. The van der Waals surface area contributed by atoms with Crippen LogP contribution in [0.3, 0.4) is 0 Å². The van der Waals surface area contributed by atoms with Crippen molar-refractivity contribution in [1.29, 1.82) is 0 Å². The molecule has 1 heterocycles. The number of hydrogen-bond acceptors (Lipinski definition) is 4. The zero-order valence-electron chi connectivity index (χ0n) is 18.5. The third-order valence-corrected chi connectivity index (χ3v) is 5.47. The van der Waals surface area contributed by atoms with Gasteiger partial charge < -0.3 is 19.4 Å². The van der Waals surface area contributed by atoms with E-state index in [1.165, 1.54) is 11.1 Å². The first-order chi connectivity index (χ1) is 15.7. The van der Waals surface area contributed by atoms with Gasteiger partial charge in [-0.2, -0.15) is 0 Å². The molecule has 0 aliphatic rings. The fraction of sp³-hybridized carbons (Fsp3) is 0.222. The lowest BCUT2D eigenvalue weighted by Crippen LogP contribution is -2.24. The zero-order valence-corrected chi connectivity index (χ0v) is 18.5. The first-order valence-corrected chi connectivity index (χ1v) is 10.8. The van der Waals surface area contributed by atoms with E-state index in [2.05, 4.69) is 34.1 Å². The summed E-state index contributed by atoms with van der Waals surface area (Å²) in [5.41, 5.74) is 4.28. The summed E-state index contributed by atoms with van der Waals surface area (Å²) < 4.78 is 10.7. The first kappa shape index (κ1) is 21.5. The van der Waals surface area contributed by atoms with Crippen LogP contribution >= 0.6 is 0 Å². The normalized spacial score (nSPS) is 10.8. The van der Waals surface area contributed by atoms with Crippen LogP contribution in [0.2, 0.25) is 0 Å². The van der Waals surface area contributed by atoms with Gasteiger partial charge in [-0.1, -0.05) is 60.7 Å². The summed E-state index contributed by atoms with van der Waals surface area (Å²) >= 11 is 0. The van der Waals surface area contributed by atoms with Gasteiger partial charge in [0, 0.05) is 29.6 Å². The highest BCUT2D eigenvalue weighted by atomic mass is 16.5. The average Bonchev–Trinajstić information content (AvgIpc) is 3.17. The SMILES string of the molecule is CCOC(=O)Cc1c(N(Cc2ccccc2)Cc2ccccc2)[nH]c2ccc(OC)cc12. The standard InChI is InChI=1S/C27H28N2O3/c1-3-32-26(30)17-24-23-16-22(31-2)14-15-25(23)28-27(24)29(18-20-10-6-4-7-11-20)19-21-12-8-5-9-13-21/h4-16,28H,3,17-19H2,1-2H3. The number of nitrogens with one attached hydrogen (secondary N) is 1. The van der Waals surface area contributed by atoms with E-state index in [0.717, 1.165) is 28.0 Å². The monoisotopic (exact) mass is 428 g/mol. The van der Waals surface area contributed by atoms with E-state index in [1.54, 1.807) is 7.11 Å². The summed E-state index contributed by atoms with van der Waals surface area (Å²) in [4.78, 5) is 18.4. The molecule has 164 valence electrons. The van der Waals surface area contributed by atoms with Gasteiger partial charge in [0.2, 0.25) is 0 Å². The van der Waals surface area contributed by atoms with Crippen molar-refractivity contribution >= 4 is 22.7 Å². The molecule has 0 bridgehead atoms. The van der Waals surface area contributed by atoms with Gasteiger partial charge in [-0.3, -0.25) is 4.79 Å². The van der Waals surface area contributed by atoms with E-state index < -0.39 is 0 Å². The molecule has 5 nitrogen and oxygen atoms in total. The number of esters is 1. The lowest BCUT2D eigenvalue weighted by atomic mass is 10.1. The van der Waals surface area contributed by atoms with Gasteiger partial charge in [0.1, 0.15) is 11.6 Å². The number of methoxy groups -OCH3 is 1. The van der Waals surface area contributed by atoms with Crippen molar-refractivity contribution in [2.75, 3.05) is 18.6 Å². The molecular weight excluding hydrogens is 400 g/mol. The maximum absolute atomic E-state index is 12.5. The van der Waals surface area contributed by atoms with Gasteiger partial charge in [0.05, 0.1) is 20.1 Å². The molecule has 0 fully saturated rings. The number of benzene rings is 3. The van der Waals surface area contributed by atoms with Gasteiger partial charge in [-0.05, 0) is 36.2 Å². The van der Waals surface area contributed by atoms with Crippen LogP contribution in [0.15, 0.2) is 78.9 Å². The Morgan fingerprint density at radius 2 is 1.53 bits per heavy atom. The third kappa shape index (κ3) is 4.94. The summed E-state index contributed by atoms with van der Waals surface area (Å²) in [5, 5.41) is 0.971. The van der Waals surface area contributed by atoms with Crippen LogP contribution in [-0.4, -0.2) is 24.7 Å². The lowest BCUT2D eigenvalue weighted by Gasteiger charge is -2.25. The number of hydrogen-bond donors (Lipinski definition) is 1. The van der Waals surface area contributed by atoms with E-state index >= 15 is 0 Å². The number of carbonyl (C=O) groups excluding carboxylic acids is 1. The summed E-state index contributed by atoms with van der Waals surface area (Å²) in [6.07, 6.45) is 0.191. The molecule has 0 aliphatic heterocycles. The van der Waals surface area contributed by atoms with Crippen LogP contribution < -0.4 is 9.64 Å². The maximum atomic E-state index is 12.5. The minimum Gasteiger partial charge on any atom is -0.497 e. The minimum absolute atomic E-state index is 0.191. The van der Waals surface area contributed by atoms with Crippen molar-refractivity contribution < 1.29 is 14.3 Å². The molecule has 0 saturated carbocycles. The fourth-order valence-corrected chi connectivity index (χ4v) is 3.97. The van der Waals surface area contributed by atoms with Crippen LogP contribution in [0.5, 0.6) is 5.75 Å². The Morgan fingerprint density at radius 3 is 2.09 bits per heavy atom. The van der Waals surface area contributed by atoms with Crippen molar-refractivity contribution in [2.24, 2.45) is 0 Å². The summed E-state index contributed by atoms with van der Waals surface area (Å²) in [6.45, 7) is 3.59. The van der Waals surface area contributed by atoms with Gasteiger partial charge >= 0.3 is 5.97 Å². The highest BCUT2D eigenvalue weighted by Crippen LogP contribution is 2.34. The molecule has 3 aromatic carbocycles. The van der Waals surface area contributed by atoms with E-state index in [-0.39, 0.29) is 12.4 Å². The molecule has 4 aromatic rings. The number of rotatable bonds is 9. The topological polar surface area (TPSA) is 54.6 Å². The molecule has 1 N–H and O–H groups in total. The zero-order chi connectivity index (χ0) is 22.3.